The molecule has 4 aromatic heterocycles. The van der Waals surface area contributed by atoms with Gasteiger partial charge in [-0.3, -0.25) is 0 Å². The normalized spacial score (nSPS) is 11.8. The number of hydrogen-bond acceptors (Lipinski definition) is 4. The number of benzene rings is 7. The molecule has 11 rings (SSSR count). The maximum atomic E-state index is 6.51. The maximum absolute atomic E-state index is 6.51. The molecule has 0 atom stereocenters. The Bertz CT molecular complexity index is 3600. The number of pyridine rings is 2. The van der Waals surface area contributed by atoms with Gasteiger partial charge in [0.1, 0.15) is 16.7 Å². The van der Waals surface area contributed by atoms with Crippen molar-refractivity contribution in [2.75, 3.05) is 0 Å². The SMILES string of the molecule is Cc1cc(-c2[c-]cc(-c3ccc4oc5ccccc5c4c3)c3c2oc2ccccc23)ncc1-c1ccccc1.Cc1cc(-c2cc(CC(C)(C)C)c([Si](C)(C)C)cn2)[c-]cc1-c1ccccc1.[Ir]. The molecule has 339 valence electrons. The molecule has 0 aliphatic carbocycles. The summed E-state index contributed by atoms with van der Waals surface area (Å²) in [5.41, 5.74) is 18.3. The van der Waals surface area contributed by atoms with Crippen molar-refractivity contribution in [3.8, 4) is 55.9 Å². The zero-order valence-corrected chi connectivity index (χ0v) is 43.3. The quantitative estimate of drug-likeness (QED) is 0.118. The van der Waals surface area contributed by atoms with Crippen molar-refractivity contribution in [1.82, 2.24) is 9.97 Å². The van der Waals surface area contributed by atoms with E-state index in [-0.39, 0.29) is 25.5 Å². The van der Waals surface area contributed by atoms with E-state index in [2.05, 4.69) is 194 Å². The number of aryl methyl sites for hydroxylation is 2. The summed E-state index contributed by atoms with van der Waals surface area (Å²) in [7, 11) is -1.44. The van der Waals surface area contributed by atoms with E-state index in [1.54, 1.807) is 0 Å². The van der Waals surface area contributed by atoms with Crippen molar-refractivity contribution in [2.24, 2.45) is 5.41 Å². The summed E-state index contributed by atoms with van der Waals surface area (Å²) in [6.45, 7) is 18.4. The summed E-state index contributed by atoms with van der Waals surface area (Å²) in [6, 6.07) is 61.5. The molecule has 0 saturated carbocycles. The molecule has 4 nitrogen and oxygen atoms in total. The molecule has 6 heteroatoms. The summed E-state index contributed by atoms with van der Waals surface area (Å²) in [6.07, 6.45) is 5.16. The fourth-order valence-electron chi connectivity index (χ4n) is 9.41. The van der Waals surface area contributed by atoms with Gasteiger partial charge in [-0.2, -0.15) is 0 Å². The molecule has 7 aromatic carbocycles. The first-order valence-electron chi connectivity index (χ1n) is 23.2. The fourth-order valence-corrected chi connectivity index (χ4v) is 11.0. The Kier molecular flexibility index (Phi) is 12.8. The monoisotopic (exact) mass is 1080 g/mol. The van der Waals surface area contributed by atoms with Crippen LogP contribution in [0, 0.1) is 31.4 Å². The van der Waals surface area contributed by atoms with Crippen LogP contribution in [0.25, 0.3) is 99.8 Å². The molecule has 0 saturated heterocycles. The van der Waals surface area contributed by atoms with Crippen LogP contribution in [0.2, 0.25) is 19.6 Å². The Labute approximate surface area is 414 Å². The van der Waals surface area contributed by atoms with Crippen molar-refractivity contribution >= 4 is 57.1 Å². The van der Waals surface area contributed by atoms with Crippen LogP contribution in [0.4, 0.5) is 0 Å². The molecule has 0 fully saturated rings. The van der Waals surface area contributed by atoms with Gasteiger partial charge in [0.25, 0.3) is 0 Å². The van der Waals surface area contributed by atoms with Crippen molar-refractivity contribution in [1.29, 1.82) is 0 Å². The van der Waals surface area contributed by atoms with Gasteiger partial charge in [-0.1, -0.05) is 202 Å². The molecule has 0 N–H and O–H groups in total. The molecule has 4 heterocycles. The second-order valence-corrected chi connectivity index (χ2v) is 25.0. The predicted octanol–water partition coefficient (Wildman–Crippen LogP) is 16.6. The minimum Gasteiger partial charge on any atom is -0.501 e. The molecule has 0 amide bonds. The molecule has 1 radical (unpaired) electrons. The van der Waals surface area contributed by atoms with Crippen LogP contribution in [0.1, 0.15) is 37.5 Å². The Morgan fingerprint density at radius 2 is 1.12 bits per heavy atom. The molecule has 0 spiro atoms. The number of para-hydroxylation sites is 2. The molecular weight excluding hydrogens is 1020 g/mol. The fraction of sp³-hybridized carbons (Fsp3) is 0.161. The number of hydrogen-bond donors (Lipinski definition) is 0. The van der Waals surface area contributed by atoms with Crippen LogP contribution in [0.5, 0.6) is 0 Å². The molecule has 0 unspecified atom stereocenters. The topological polar surface area (TPSA) is 52.1 Å². The predicted molar refractivity (Wildman–Crippen MR) is 283 cm³/mol. The van der Waals surface area contributed by atoms with E-state index in [0.717, 1.165) is 101 Å². The number of nitrogens with zero attached hydrogens (tertiary/aromatic N) is 2. The Balaban J connectivity index is 0.000000178. The summed E-state index contributed by atoms with van der Waals surface area (Å²) in [4.78, 5) is 9.73. The van der Waals surface area contributed by atoms with Crippen molar-refractivity contribution < 1.29 is 28.9 Å². The van der Waals surface area contributed by atoms with Crippen molar-refractivity contribution in [3.63, 3.8) is 0 Å². The van der Waals surface area contributed by atoms with Crippen molar-refractivity contribution in [2.45, 2.75) is 60.7 Å². The van der Waals surface area contributed by atoms with Gasteiger partial charge in [0.2, 0.25) is 0 Å². The van der Waals surface area contributed by atoms with Gasteiger partial charge in [0, 0.05) is 54.2 Å². The zero-order chi connectivity index (χ0) is 46.5. The van der Waals surface area contributed by atoms with Crippen LogP contribution in [-0.2, 0) is 26.5 Å². The first-order chi connectivity index (χ1) is 32.3. The number of rotatable bonds is 7. The van der Waals surface area contributed by atoms with Crippen LogP contribution in [0.3, 0.4) is 0 Å². The Morgan fingerprint density at radius 3 is 1.78 bits per heavy atom. The third-order valence-corrected chi connectivity index (χ3v) is 14.7. The number of furan rings is 2. The molecule has 0 aliphatic heterocycles. The van der Waals surface area contributed by atoms with E-state index < -0.39 is 8.07 Å². The molecular formula is C62H54IrN2O2Si-2. The number of aromatic nitrogens is 2. The van der Waals surface area contributed by atoms with E-state index >= 15 is 0 Å². The Hall–Kier alpha value is -6.69. The zero-order valence-electron chi connectivity index (χ0n) is 39.9. The van der Waals surface area contributed by atoms with Crippen LogP contribution >= 0.6 is 0 Å². The largest absolute Gasteiger partial charge is 0.501 e. The van der Waals surface area contributed by atoms with Gasteiger partial charge in [-0.05, 0) is 70.0 Å². The summed E-state index contributed by atoms with van der Waals surface area (Å²) in [5, 5.41) is 5.83. The summed E-state index contributed by atoms with van der Waals surface area (Å²) >= 11 is 0. The smallest absolute Gasteiger partial charge is 0.135 e. The van der Waals surface area contributed by atoms with E-state index in [1.165, 1.54) is 27.4 Å². The second kappa shape index (κ2) is 18.8. The third-order valence-electron chi connectivity index (χ3n) is 12.6. The Morgan fingerprint density at radius 1 is 0.529 bits per heavy atom. The van der Waals surface area contributed by atoms with Crippen LogP contribution < -0.4 is 5.19 Å². The average molecular weight is 1080 g/mol. The first-order valence-corrected chi connectivity index (χ1v) is 26.7. The maximum Gasteiger partial charge on any atom is 0.135 e. The third kappa shape index (κ3) is 9.29. The summed E-state index contributed by atoms with van der Waals surface area (Å²) < 4.78 is 12.6. The molecule has 11 aromatic rings. The van der Waals surface area contributed by atoms with Gasteiger partial charge in [-0.15, -0.1) is 41.5 Å². The first kappa shape index (κ1) is 46.4. The van der Waals surface area contributed by atoms with Crippen molar-refractivity contribution in [3.05, 3.63) is 199 Å². The minimum atomic E-state index is -1.44. The van der Waals surface area contributed by atoms with E-state index in [9.17, 15) is 0 Å². The molecule has 0 bridgehead atoms. The van der Waals surface area contributed by atoms with Gasteiger partial charge in [0.05, 0.1) is 13.7 Å². The second-order valence-electron chi connectivity index (χ2n) is 20.0. The van der Waals surface area contributed by atoms with Gasteiger partial charge in [0.15, 0.2) is 0 Å². The van der Waals surface area contributed by atoms with Crippen LogP contribution in [0.15, 0.2) is 179 Å². The number of fused-ring (bicyclic) bond motifs is 6. The standard InChI is InChI=1S/C36H22NO2.C26H32NSi.Ir/c1-22-19-31(37-21-30(22)23-9-3-2-4-10-23)27-17-16-25(35-28-12-6-8-14-33(28)39-36(27)35)24-15-18-34-29(20-24)26-11-5-7-13-32(26)38-34;1-19-15-21(13-14-23(19)20-11-9-8-10-12-20)24-16-22(17-26(2,3)4)25(18-27-24)28(5,6)7;/h2-16,18-21H,1H3;8-12,14-16,18H,17H2,1-7H3;/q2*-1;. The van der Waals surface area contributed by atoms with Gasteiger partial charge in [-0.25, -0.2) is 0 Å². The minimum absolute atomic E-state index is 0. The molecule has 68 heavy (non-hydrogen) atoms. The summed E-state index contributed by atoms with van der Waals surface area (Å²) in [5.74, 6) is 0. The van der Waals surface area contributed by atoms with E-state index in [0.29, 0.717) is 0 Å². The molecule has 0 aliphatic rings. The van der Waals surface area contributed by atoms with E-state index in [4.69, 9.17) is 18.8 Å². The van der Waals surface area contributed by atoms with Gasteiger partial charge < -0.3 is 18.8 Å². The van der Waals surface area contributed by atoms with E-state index in [1.807, 2.05) is 42.6 Å². The van der Waals surface area contributed by atoms with Crippen LogP contribution in [-0.4, -0.2) is 18.0 Å². The van der Waals surface area contributed by atoms with Gasteiger partial charge >= 0.3 is 0 Å². The average Bonchev–Trinajstić information content (AvgIpc) is 3.90.